The van der Waals surface area contributed by atoms with Gasteiger partial charge in [0.1, 0.15) is 11.7 Å². The molecule has 5 heteroatoms. The van der Waals surface area contributed by atoms with Crippen molar-refractivity contribution in [3.05, 3.63) is 24.7 Å². The number of aliphatic imine (C=N–C) groups is 1. The van der Waals surface area contributed by atoms with Gasteiger partial charge >= 0.3 is 0 Å². The molecule has 1 aliphatic heterocycles. The Hall–Kier alpha value is -1.49. The zero-order valence-electron chi connectivity index (χ0n) is 10.8. The number of rotatable bonds is 5. The van der Waals surface area contributed by atoms with Crippen molar-refractivity contribution in [1.29, 1.82) is 0 Å². The summed E-state index contributed by atoms with van der Waals surface area (Å²) in [7, 11) is 0. The van der Waals surface area contributed by atoms with Crippen LogP contribution in [0.15, 0.2) is 29.7 Å². The Labute approximate surface area is 109 Å². The van der Waals surface area contributed by atoms with Crippen molar-refractivity contribution in [2.45, 2.75) is 25.3 Å². The van der Waals surface area contributed by atoms with Gasteiger partial charge in [0, 0.05) is 25.7 Å². The number of hydrogen-bond acceptors (Lipinski definition) is 4. The quantitative estimate of drug-likeness (QED) is 0.485. The van der Waals surface area contributed by atoms with Crippen molar-refractivity contribution in [1.82, 2.24) is 10.2 Å². The molecule has 100 valence electrons. The van der Waals surface area contributed by atoms with Crippen LogP contribution in [0.2, 0.25) is 0 Å². The SMILES string of the molecule is C=C(/N=C(\C=C/N)N1CC[C@H](N)C1)NCC1CC1. The highest BCUT2D eigenvalue weighted by Crippen LogP contribution is 2.27. The topological polar surface area (TPSA) is 79.7 Å². The van der Waals surface area contributed by atoms with Crippen molar-refractivity contribution < 1.29 is 0 Å². The lowest BCUT2D eigenvalue weighted by Crippen LogP contribution is -2.31. The first-order valence-corrected chi connectivity index (χ1v) is 6.59. The monoisotopic (exact) mass is 249 g/mol. The fourth-order valence-electron chi connectivity index (χ4n) is 2.06. The third kappa shape index (κ3) is 3.77. The van der Waals surface area contributed by atoms with Crippen LogP contribution in [-0.2, 0) is 0 Å². The van der Waals surface area contributed by atoms with Crippen LogP contribution in [0.3, 0.4) is 0 Å². The Morgan fingerprint density at radius 1 is 1.44 bits per heavy atom. The Morgan fingerprint density at radius 3 is 2.78 bits per heavy atom. The molecule has 0 bridgehead atoms. The minimum Gasteiger partial charge on any atom is -0.404 e. The zero-order valence-corrected chi connectivity index (χ0v) is 10.8. The maximum Gasteiger partial charge on any atom is 0.132 e. The fraction of sp³-hybridized carbons (Fsp3) is 0.615. The van der Waals surface area contributed by atoms with Gasteiger partial charge in [0.2, 0.25) is 0 Å². The average Bonchev–Trinajstić information content (AvgIpc) is 3.07. The van der Waals surface area contributed by atoms with Gasteiger partial charge in [0.05, 0.1) is 0 Å². The molecule has 18 heavy (non-hydrogen) atoms. The van der Waals surface area contributed by atoms with Gasteiger partial charge < -0.3 is 21.7 Å². The molecule has 2 aliphatic rings. The van der Waals surface area contributed by atoms with Crippen molar-refractivity contribution in [3.63, 3.8) is 0 Å². The van der Waals surface area contributed by atoms with Gasteiger partial charge in [-0.1, -0.05) is 6.58 Å². The largest absolute Gasteiger partial charge is 0.404 e. The summed E-state index contributed by atoms with van der Waals surface area (Å²) in [6, 6.07) is 0.231. The summed E-state index contributed by atoms with van der Waals surface area (Å²) in [5, 5.41) is 3.25. The van der Waals surface area contributed by atoms with Crippen LogP contribution in [0, 0.1) is 5.92 Å². The number of nitrogens with zero attached hydrogens (tertiary/aromatic N) is 2. The van der Waals surface area contributed by atoms with Gasteiger partial charge in [-0.3, -0.25) is 0 Å². The number of nitrogens with two attached hydrogens (primary N) is 2. The van der Waals surface area contributed by atoms with Crippen molar-refractivity contribution in [3.8, 4) is 0 Å². The van der Waals surface area contributed by atoms with Crippen LogP contribution in [0.5, 0.6) is 0 Å². The predicted molar refractivity (Wildman–Crippen MR) is 74.8 cm³/mol. The fourth-order valence-corrected chi connectivity index (χ4v) is 2.06. The van der Waals surface area contributed by atoms with Gasteiger partial charge in [-0.2, -0.15) is 0 Å². The van der Waals surface area contributed by atoms with E-state index in [2.05, 4.69) is 21.8 Å². The Morgan fingerprint density at radius 2 is 2.22 bits per heavy atom. The maximum atomic E-state index is 5.91. The van der Waals surface area contributed by atoms with E-state index in [4.69, 9.17) is 11.5 Å². The molecule has 0 unspecified atom stereocenters. The molecule has 0 amide bonds. The first-order valence-electron chi connectivity index (χ1n) is 6.59. The third-order valence-corrected chi connectivity index (χ3v) is 3.34. The van der Waals surface area contributed by atoms with Crippen LogP contribution in [0.4, 0.5) is 0 Å². The Balaban J connectivity index is 1.92. The van der Waals surface area contributed by atoms with E-state index in [0.717, 1.165) is 37.8 Å². The Bertz CT molecular complexity index is 356. The minimum atomic E-state index is 0.231. The van der Waals surface area contributed by atoms with Crippen LogP contribution in [0.25, 0.3) is 0 Å². The summed E-state index contributed by atoms with van der Waals surface area (Å²) < 4.78 is 0. The Kier molecular flexibility index (Phi) is 4.25. The maximum absolute atomic E-state index is 5.91. The minimum absolute atomic E-state index is 0.231. The molecule has 0 aromatic heterocycles. The lowest BCUT2D eigenvalue weighted by atomic mass is 10.3. The van der Waals surface area contributed by atoms with E-state index < -0.39 is 0 Å². The van der Waals surface area contributed by atoms with E-state index in [0.29, 0.717) is 5.82 Å². The third-order valence-electron chi connectivity index (χ3n) is 3.34. The van der Waals surface area contributed by atoms with Crippen LogP contribution >= 0.6 is 0 Å². The summed E-state index contributed by atoms with van der Waals surface area (Å²) in [5.74, 6) is 2.36. The first kappa shape index (κ1) is 13.0. The van der Waals surface area contributed by atoms with Gasteiger partial charge in [-0.15, -0.1) is 0 Å². The lowest BCUT2D eigenvalue weighted by molar-refractivity contribution is 0.510. The van der Waals surface area contributed by atoms with Gasteiger partial charge in [-0.05, 0) is 37.5 Å². The highest BCUT2D eigenvalue weighted by atomic mass is 15.2. The predicted octanol–water partition coefficient (Wildman–Crippen LogP) is 0.361. The molecule has 0 aromatic carbocycles. The molecule has 5 N–H and O–H groups in total. The molecule has 0 radical (unpaired) electrons. The van der Waals surface area contributed by atoms with Crippen molar-refractivity contribution in [2.24, 2.45) is 22.4 Å². The molecule has 2 rings (SSSR count). The second kappa shape index (κ2) is 5.91. The highest BCUT2D eigenvalue weighted by molar-refractivity contribution is 5.93. The molecule has 1 saturated heterocycles. The summed E-state index contributed by atoms with van der Waals surface area (Å²) >= 11 is 0. The van der Waals surface area contributed by atoms with Crippen LogP contribution in [-0.4, -0.2) is 36.4 Å². The molecule has 0 aromatic rings. The number of hydrogen-bond donors (Lipinski definition) is 3. The van der Waals surface area contributed by atoms with Gasteiger partial charge in [-0.25, -0.2) is 4.99 Å². The molecular weight excluding hydrogens is 226 g/mol. The standard InChI is InChI=1S/C13H23N5/c1-10(16-8-11-2-3-11)17-13(4-6-14)18-7-5-12(15)9-18/h4,6,11-12,16H,1-3,5,7-9,14-15H2/b6-4-,17-13+/t12-/m0/s1. The van der Waals surface area contributed by atoms with Crippen LogP contribution < -0.4 is 16.8 Å². The number of nitrogens with one attached hydrogen (secondary N) is 1. The average molecular weight is 249 g/mol. The smallest absolute Gasteiger partial charge is 0.132 e. The lowest BCUT2D eigenvalue weighted by Gasteiger charge is -2.18. The normalized spacial score (nSPS) is 24.8. The van der Waals surface area contributed by atoms with E-state index in [9.17, 15) is 0 Å². The van der Waals surface area contributed by atoms with E-state index >= 15 is 0 Å². The van der Waals surface area contributed by atoms with E-state index in [1.165, 1.54) is 19.0 Å². The summed E-state index contributed by atoms with van der Waals surface area (Å²) in [6.07, 6.45) is 6.96. The summed E-state index contributed by atoms with van der Waals surface area (Å²) in [6.45, 7) is 6.67. The van der Waals surface area contributed by atoms with E-state index in [1.807, 2.05) is 6.08 Å². The molecule has 2 fully saturated rings. The molecule has 1 atom stereocenters. The second-order valence-electron chi connectivity index (χ2n) is 5.09. The van der Waals surface area contributed by atoms with Crippen molar-refractivity contribution in [2.75, 3.05) is 19.6 Å². The van der Waals surface area contributed by atoms with E-state index in [1.54, 1.807) is 0 Å². The molecular formula is C13H23N5. The zero-order chi connectivity index (χ0) is 13.0. The first-order chi connectivity index (χ1) is 8.69. The second-order valence-corrected chi connectivity index (χ2v) is 5.09. The highest BCUT2D eigenvalue weighted by Gasteiger charge is 2.22. The van der Waals surface area contributed by atoms with E-state index in [-0.39, 0.29) is 6.04 Å². The molecule has 0 spiro atoms. The number of amidine groups is 1. The summed E-state index contributed by atoms with van der Waals surface area (Å²) in [4.78, 5) is 6.65. The summed E-state index contributed by atoms with van der Waals surface area (Å²) in [5.41, 5.74) is 11.4. The number of likely N-dealkylation sites (tertiary alicyclic amines) is 1. The van der Waals surface area contributed by atoms with Gasteiger partial charge in [0.25, 0.3) is 0 Å². The molecule has 1 aliphatic carbocycles. The molecule has 5 nitrogen and oxygen atoms in total. The van der Waals surface area contributed by atoms with Gasteiger partial charge in [0.15, 0.2) is 0 Å². The molecule has 1 saturated carbocycles. The van der Waals surface area contributed by atoms with Crippen LogP contribution in [0.1, 0.15) is 19.3 Å². The van der Waals surface area contributed by atoms with Crippen molar-refractivity contribution >= 4 is 5.84 Å². The molecule has 1 heterocycles.